The number of ether oxygens (including phenoxy) is 1. The number of benzene rings is 2. The fourth-order valence-electron chi connectivity index (χ4n) is 3.24. The molecule has 6 heteroatoms. The first-order valence-electron chi connectivity index (χ1n) is 9.05. The fraction of sp³-hybridized carbons (Fsp3) is 0.273. The third kappa shape index (κ3) is 3.75. The molecule has 0 aliphatic carbocycles. The molecule has 0 bridgehead atoms. The molecular formula is C22H24N4NaO. The van der Waals surface area contributed by atoms with Gasteiger partial charge in [-0.3, -0.25) is 4.68 Å². The van der Waals surface area contributed by atoms with Crippen LogP contribution in [-0.2, 0) is 12.5 Å². The van der Waals surface area contributed by atoms with Crippen LogP contribution in [0.1, 0.15) is 26.5 Å². The number of aryl methyl sites for hydroxylation is 1. The van der Waals surface area contributed by atoms with Crippen LogP contribution < -0.4 is 4.74 Å². The van der Waals surface area contributed by atoms with E-state index in [-0.39, 0.29) is 35.0 Å². The summed E-state index contributed by atoms with van der Waals surface area (Å²) in [6.07, 6.45) is 0. The molecule has 5 nitrogen and oxygen atoms in total. The number of methoxy groups -OCH3 is 1. The topological polar surface area (TPSA) is 55.7 Å². The largest absolute Gasteiger partial charge is 0.496 e. The number of fused-ring (bicyclic) bond motifs is 1. The van der Waals surface area contributed by atoms with Crippen molar-refractivity contribution in [1.29, 1.82) is 0 Å². The molecule has 0 atom stereocenters. The number of hydrogen-bond donors (Lipinski definition) is 1. The summed E-state index contributed by atoms with van der Waals surface area (Å²) in [4.78, 5) is 8.22. The number of imidazole rings is 1. The van der Waals surface area contributed by atoms with Gasteiger partial charge in [-0.15, -0.1) is 0 Å². The van der Waals surface area contributed by atoms with Crippen molar-refractivity contribution in [2.75, 3.05) is 7.11 Å². The molecule has 1 N–H and O–H groups in total. The van der Waals surface area contributed by atoms with Gasteiger partial charge in [0.2, 0.25) is 0 Å². The zero-order chi connectivity index (χ0) is 19.2. The van der Waals surface area contributed by atoms with E-state index in [0.29, 0.717) is 0 Å². The standard InChI is InChI=1S/C22H24N4O.Na/c1-22(2,3)20-13-18(26(4)25-20)21-23-16-11-10-14(12-17(16)24-21)15-8-6-7-9-19(15)27-5;/h6-13H,1-5H3,(H,23,24);. The van der Waals surface area contributed by atoms with Crippen LogP contribution in [0.2, 0.25) is 0 Å². The Balaban J connectivity index is 0.00000225. The first-order chi connectivity index (χ1) is 12.9. The molecular weight excluding hydrogens is 359 g/mol. The van der Waals surface area contributed by atoms with E-state index in [1.807, 2.05) is 36.0 Å². The van der Waals surface area contributed by atoms with E-state index in [2.05, 4.69) is 55.1 Å². The van der Waals surface area contributed by atoms with E-state index >= 15 is 0 Å². The van der Waals surface area contributed by atoms with Crippen molar-refractivity contribution in [3.63, 3.8) is 0 Å². The van der Waals surface area contributed by atoms with Crippen LogP contribution in [0.3, 0.4) is 0 Å². The number of para-hydroxylation sites is 1. The summed E-state index contributed by atoms with van der Waals surface area (Å²) in [6, 6.07) is 16.4. The second kappa shape index (κ2) is 7.74. The molecule has 0 spiro atoms. The van der Waals surface area contributed by atoms with E-state index in [4.69, 9.17) is 9.72 Å². The van der Waals surface area contributed by atoms with Gasteiger partial charge < -0.3 is 9.72 Å². The fourth-order valence-corrected chi connectivity index (χ4v) is 3.24. The maximum absolute atomic E-state index is 5.50. The maximum atomic E-state index is 5.50. The summed E-state index contributed by atoms with van der Waals surface area (Å²) in [7, 11) is 3.65. The van der Waals surface area contributed by atoms with Crippen molar-refractivity contribution in [2.45, 2.75) is 26.2 Å². The summed E-state index contributed by atoms with van der Waals surface area (Å²) in [6.45, 7) is 6.49. The van der Waals surface area contributed by atoms with Crippen molar-refractivity contribution in [1.82, 2.24) is 19.7 Å². The van der Waals surface area contributed by atoms with Gasteiger partial charge in [-0.1, -0.05) is 45.0 Å². The van der Waals surface area contributed by atoms with E-state index in [0.717, 1.165) is 45.1 Å². The zero-order valence-electron chi connectivity index (χ0n) is 17.4. The Bertz CT molecular complexity index is 1120. The molecule has 0 saturated carbocycles. The summed E-state index contributed by atoms with van der Waals surface area (Å²) in [5.41, 5.74) is 6.11. The van der Waals surface area contributed by atoms with Crippen LogP contribution in [0.5, 0.6) is 5.75 Å². The molecule has 0 saturated heterocycles. The van der Waals surface area contributed by atoms with Gasteiger partial charge in [-0.05, 0) is 29.8 Å². The molecule has 0 aliphatic rings. The summed E-state index contributed by atoms with van der Waals surface area (Å²) in [5, 5.41) is 4.66. The first-order valence-corrected chi connectivity index (χ1v) is 9.05. The van der Waals surface area contributed by atoms with Crippen molar-refractivity contribution in [2.24, 2.45) is 7.05 Å². The van der Waals surface area contributed by atoms with Gasteiger partial charge >= 0.3 is 0 Å². The SMILES string of the molecule is COc1ccccc1-c1ccc2nc(-c3cc(C(C)(C)C)nn3C)[nH]c2c1.[Na]. The van der Waals surface area contributed by atoms with E-state index in [1.165, 1.54) is 0 Å². The van der Waals surface area contributed by atoms with Crippen LogP contribution >= 0.6 is 0 Å². The van der Waals surface area contributed by atoms with Gasteiger partial charge in [0.25, 0.3) is 0 Å². The smallest absolute Gasteiger partial charge is 0.156 e. The molecule has 2 heterocycles. The molecule has 2 aromatic carbocycles. The minimum absolute atomic E-state index is 0. The van der Waals surface area contributed by atoms with E-state index in [1.54, 1.807) is 7.11 Å². The Morgan fingerprint density at radius 2 is 1.79 bits per heavy atom. The predicted molar refractivity (Wildman–Crippen MR) is 115 cm³/mol. The molecule has 4 rings (SSSR count). The number of rotatable bonds is 3. The molecule has 4 aromatic rings. The monoisotopic (exact) mass is 383 g/mol. The third-order valence-electron chi connectivity index (χ3n) is 4.79. The third-order valence-corrected chi connectivity index (χ3v) is 4.79. The molecule has 0 aliphatic heterocycles. The van der Waals surface area contributed by atoms with Gasteiger partial charge in [0.1, 0.15) is 11.4 Å². The minimum Gasteiger partial charge on any atom is -0.496 e. The molecule has 0 unspecified atom stereocenters. The Hall–Kier alpha value is -2.08. The Kier molecular flexibility index (Phi) is 5.71. The van der Waals surface area contributed by atoms with Gasteiger partial charge in [0.05, 0.1) is 23.8 Å². The molecule has 139 valence electrons. The summed E-state index contributed by atoms with van der Waals surface area (Å²) >= 11 is 0. The van der Waals surface area contributed by atoms with Gasteiger partial charge in [-0.25, -0.2) is 4.98 Å². The quantitative estimate of drug-likeness (QED) is 0.528. The predicted octanol–water partition coefficient (Wildman–Crippen LogP) is 4.56. The van der Waals surface area contributed by atoms with Crippen molar-refractivity contribution in [3.05, 3.63) is 54.2 Å². The van der Waals surface area contributed by atoms with E-state index < -0.39 is 0 Å². The average molecular weight is 383 g/mol. The minimum atomic E-state index is -0.000935. The molecule has 0 fully saturated rings. The summed E-state index contributed by atoms with van der Waals surface area (Å²) in [5.74, 6) is 1.69. The normalized spacial score (nSPS) is 11.5. The number of aromatic amines is 1. The number of hydrogen-bond acceptors (Lipinski definition) is 3. The number of nitrogens with one attached hydrogen (secondary N) is 1. The van der Waals surface area contributed by atoms with Crippen LogP contribution in [0, 0.1) is 0 Å². The molecule has 0 amide bonds. The number of aromatic nitrogens is 4. The molecule has 2 aromatic heterocycles. The van der Waals surface area contributed by atoms with Crippen LogP contribution in [0.15, 0.2) is 48.5 Å². The second-order valence-electron chi connectivity index (χ2n) is 7.81. The number of H-pyrrole nitrogens is 1. The maximum Gasteiger partial charge on any atom is 0.156 e. The Morgan fingerprint density at radius 3 is 2.46 bits per heavy atom. The van der Waals surface area contributed by atoms with Crippen molar-refractivity contribution >= 4 is 40.6 Å². The zero-order valence-corrected chi connectivity index (χ0v) is 19.4. The molecule has 1 radical (unpaired) electrons. The first kappa shape index (κ1) is 20.6. The second-order valence-corrected chi connectivity index (χ2v) is 7.81. The number of nitrogens with zero attached hydrogens (tertiary/aromatic N) is 3. The average Bonchev–Trinajstić information content (AvgIpc) is 3.23. The van der Waals surface area contributed by atoms with Crippen LogP contribution in [0.25, 0.3) is 33.7 Å². The Morgan fingerprint density at radius 1 is 1.04 bits per heavy atom. The van der Waals surface area contributed by atoms with Crippen LogP contribution in [0.4, 0.5) is 0 Å². The van der Waals surface area contributed by atoms with Gasteiger partial charge in [0, 0.05) is 47.6 Å². The van der Waals surface area contributed by atoms with Gasteiger partial charge in [-0.2, -0.15) is 5.10 Å². The van der Waals surface area contributed by atoms with Gasteiger partial charge in [0.15, 0.2) is 5.82 Å². The molecule has 28 heavy (non-hydrogen) atoms. The Labute approximate surface area is 187 Å². The van der Waals surface area contributed by atoms with Crippen LogP contribution in [-0.4, -0.2) is 56.4 Å². The van der Waals surface area contributed by atoms with E-state index in [9.17, 15) is 0 Å². The van der Waals surface area contributed by atoms with Crippen molar-refractivity contribution in [3.8, 4) is 28.4 Å². The van der Waals surface area contributed by atoms with Crippen molar-refractivity contribution < 1.29 is 4.74 Å². The summed E-state index contributed by atoms with van der Waals surface area (Å²) < 4.78 is 7.39.